The summed E-state index contributed by atoms with van der Waals surface area (Å²) >= 11 is 5.91. The molecule has 1 saturated carbocycles. The topological polar surface area (TPSA) is 66.4 Å². The van der Waals surface area contributed by atoms with Crippen molar-refractivity contribution < 1.29 is 14.7 Å². The van der Waals surface area contributed by atoms with E-state index in [9.17, 15) is 9.59 Å². The van der Waals surface area contributed by atoms with Crippen molar-refractivity contribution in [1.82, 2.24) is 5.32 Å². The fourth-order valence-electron chi connectivity index (χ4n) is 2.77. The molecule has 1 aromatic rings. The number of aliphatic carboxylic acids is 1. The van der Waals surface area contributed by atoms with Crippen LogP contribution < -0.4 is 5.32 Å². The van der Waals surface area contributed by atoms with Gasteiger partial charge in [-0.25, -0.2) is 0 Å². The maximum atomic E-state index is 12.0. The molecule has 0 heterocycles. The van der Waals surface area contributed by atoms with Gasteiger partial charge in [0.2, 0.25) is 5.91 Å². The molecule has 1 aromatic carbocycles. The van der Waals surface area contributed by atoms with Crippen LogP contribution in [0.2, 0.25) is 5.02 Å². The Morgan fingerprint density at radius 1 is 1.19 bits per heavy atom. The Labute approximate surface area is 129 Å². The van der Waals surface area contributed by atoms with Crippen LogP contribution in [-0.4, -0.2) is 23.5 Å². The van der Waals surface area contributed by atoms with Gasteiger partial charge in [0.25, 0.3) is 0 Å². The molecule has 0 aliphatic heterocycles. The maximum absolute atomic E-state index is 12.0. The Morgan fingerprint density at radius 2 is 1.86 bits per heavy atom. The highest BCUT2D eigenvalue weighted by Crippen LogP contribution is 2.28. The third-order valence-corrected chi connectivity index (χ3v) is 4.28. The van der Waals surface area contributed by atoms with Crippen LogP contribution in [0.5, 0.6) is 0 Å². The summed E-state index contributed by atoms with van der Waals surface area (Å²) in [6, 6.07) is 7.60. The van der Waals surface area contributed by atoms with Crippen LogP contribution in [0.3, 0.4) is 0 Å². The molecular weight excluding hydrogens is 290 g/mol. The summed E-state index contributed by atoms with van der Waals surface area (Å²) in [4.78, 5) is 22.9. The van der Waals surface area contributed by atoms with Crippen molar-refractivity contribution in [2.75, 3.05) is 6.54 Å². The summed E-state index contributed by atoms with van der Waals surface area (Å²) in [5, 5.41) is 12.6. The minimum Gasteiger partial charge on any atom is -0.481 e. The zero-order chi connectivity index (χ0) is 15.2. The van der Waals surface area contributed by atoms with E-state index in [1.165, 1.54) is 0 Å². The second-order valence-corrected chi connectivity index (χ2v) is 5.99. The lowest BCUT2D eigenvalue weighted by Crippen LogP contribution is -2.35. The molecule has 1 aliphatic rings. The van der Waals surface area contributed by atoms with Gasteiger partial charge < -0.3 is 10.4 Å². The van der Waals surface area contributed by atoms with Crippen molar-refractivity contribution in [3.8, 4) is 0 Å². The summed E-state index contributed by atoms with van der Waals surface area (Å²) in [5.41, 5.74) is 1.09. The molecule has 5 heteroatoms. The Bertz CT molecular complexity index is 510. The number of carboxylic acid groups (broad SMARTS) is 1. The Kier molecular flexibility index (Phi) is 5.62. The molecule has 0 radical (unpaired) electrons. The predicted octanol–water partition coefficient (Wildman–Crippen LogP) is 2.89. The van der Waals surface area contributed by atoms with E-state index < -0.39 is 5.97 Å². The van der Waals surface area contributed by atoms with Crippen LogP contribution in [0.15, 0.2) is 24.3 Å². The second kappa shape index (κ2) is 7.46. The number of nitrogens with one attached hydrogen (secondary N) is 1. The number of benzene rings is 1. The Morgan fingerprint density at radius 3 is 2.48 bits per heavy atom. The van der Waals surface area contributed by atoms with Crippen molar-refractivity contribution in [1.29, 1.82) is 0 Å². The van der Waals surface area contributed by atoms with E-state index >= 15 is 0 Å². The smallest absolute Gasteiger partial charge is 0.306 e. The number of carboxylic acids is 1. The van der Waals surface area contributed by atoms with Crippen molar-refractivity contribution in [3.05, 3.63) is 34.9 Å². The lowest BCUT2D eigenvalue weighted by atomic mass is 9.81. The first-order valence-electron chi connectivity index (χ1n) is 7.31. The Balaban J connectivity index is 1.72. The van der Waals surface area contributed by atoms with E-state index in [4.69, 9.17) is 16.7 Å². The molecular formula is C16H20ClNO3. The summed E-state index contributed by atoms with van der Waals surface area (Å²) in [6.45, 7) is 0.581. The minimum absolute atomic E-state index is 0.0417. The summed E-state index contributed by atoms with van der Waals surface area (Å²) in [6.07, 6.45) is 3.28. The minimum atomic E-state index is -0.741. The van der Waals surface area contributed by atoms with Crippen molar-refractivity contribution >= 4 is 23.5 Å². The normalized spacial score (nSPS) is 21.8. The molecule has 114 valence electrons. The van der Waals surface area contributed by atoms with Gasteiger partial charge in [-0.2, -0.15) is 0 Å². The molecule has 2 rings (SSSR count). The van der Waals surface area contributed by atoms with Gasteiger partial charge in [-0.3, -0.25) is 9.59 Å². The average Bonchev–Trinajstić information content (AvgIpc) is 2.47. The van der Waals surface area contributed by atoms with E-state index in [2.05, 4.69) is 5.32 Å². The largest absolute Gasteiger partial charge is 0.481 e. The van der Waals surface area contributed by atoms with Gasteiger partial charge >= 0.3 is 5.97 Å². The number of hydrogen-bond donors (Lipinski definition) is 2. The van der Waals surface area contributed by atoms with Gasteiger partial charge in [0, 0.05) is 17.5 Å². The molecule has 0 aromatic heterocycles. The number of rotatable bonds is 5. The first kappa shape index (κ1) is 15.8. The molecule has 1 amide bonds. The van der Waals surface area contributed by atoms with Crippen molar-refractivity contribution in [2.24, 2.45) is 11.8 Å². The maximum Gasteiger partial charge on any atom is 0.306 e. The predicted molar refractivity (Wildman–Crippen MR) is 81.2 cm³/mol. The first-order chi connectivity index (χ1) is 10.1. The lowest BCUT2D eigenvalue weighted by molar-refractivity contribution is -0.144. The molecule has 1 fully saturated rings. The lowest BCUT2D eigenvalue weighted by Gasteiger charge is -2.25. The second-order valence-electron chi connectivity index (χ2n) is 5.56. The quantitative estimate of drug-likeness (QED) is 0.879. The molecule has 4 nitrogen and oxygen atoms in total. The standard InChI is InChI=1S/C16H20ClNO3/c17-14-3-1-2-11(10-14)8-9-18-15(19)12-4-6-13(7-5-12)16(20)21/h1-3,10,12-13H,4-9H2,(H,18,19)(H,20,21). The Hall–Kier alpha value is -1.55. The first-order valence-corrected chi connectivity index (χ1v) is 7.69. The molecule has 0 unspecified atom stereocenters. The van der Waals surface area contributed by atoms with Gasteiger partial charge in [-0.1, -0.05) is 23.7 Å². The van der Waals surface area contributed by atoms with E-state index in [1.807, 2.05) is 24.3 Å². The molecule has 2 N–H and O–H groups in total. The molecule has 0 saturated heterocycles. The average molecular weight is 310 g/mol. The molecule has 21 heavy (non-hydrogen) atoms. The van der Waals surface area contributed by atoms with Gasteiger partial charge in [0.1, 0.15) is 0 Å². The van der Waals surface area contributed by atoms with E-state index in [0.29, 0.717) is 37.3 Å². The van der Waals surface area contributed by atoms with Crippen LogP contribution >= 0.6 is 11.6 Å². The molecule has 1 aliphatic carbocycles. The van der Waals surface area contributed by atoms with Crippen molar-refractivity contribution in [3.63, 3.8) is 0 Å². The number of amides is 1. The summed E-state index contributed by atoms with van der Waals surface area (Å²) in [7, 11) is 0. The highest BCUT2D eigenvalue weighted by atomic mass is 35.5. The zero-order valence-corrected chi connectivity index (χ0v) is 12.6. The van der Waals surface area contributed by atoms with Crippen LogP contribution in [0.1, 0.15) is 31.2 Å². The third-order valence-electron chi connectivity index (χ3n) is 4.05. The summed E-state index contributed by atoms with van der Waals surface area (Å²) in [5.74, 6) is -1.02. The number of carbonyl (C=O) groups is 2. The van der Waals surface area contributed by atoms with Crippen LogP contribution in [0, 0.1) is 11.8 Å². The monoisotopic (exact) mass is 309 g/mol. The third kappa shape index (κ3) is 4.74. The van der Waals surface area contributed by atoms with Gasteiger partial charge in [0.05, 0.1) is 5.92 Å². The number of hydrogen-bond acceptors (Lipinski definition) is 2. The van der Waals surface area contributed by atoms with Crippen LogP contribution in [0.4, 0.5) is 0 Å². The molecule has 0 atom stereocenters. The highest BCUT2D eigenvalue weighted by Gasteiger charge is 2.29. The summed E-state index contributed by atoms with van der Waals surface area (Å²) < 4.78 is 0. The van der Waals surface area contributed by atoms with E-state index in [-0.39, 0.29) is 17.7 Å². The van der Waals surface area contributed by atoms with Gasteiger partial charge in [-0.15, -0.1) is 0 Å². The van der Waals surface area contributed by atoms with Gasteiger partial charge in [0.15, 0.2) is 0 Å². The van der Waals surface area contributed by atoms with Gasteiger partial charge in [-0.05, 0) is 49.8 Å². The molecule has 0 bridgehead atoms. The number of carbonyl (C=O) groups excluding carboxylic acids is 1. The van der Waals surface area contributed by atoms with Crippen LogP contribution in [-0.2, 0) is 16.0 Å². The fourth-order valence-corrected chi connectivity index (χ4v) is 2.98. The van der Waals surface area contributed by atoms with Crippen LogP contribution in [0.25, 0.3) is 0 Å². The zero-order valence-electron chi connectivity index (χ0n) is 11.8. The molecule has 0 spiro atoms. The van der Waals surface area contributed by atoms with Crippen molar-refractivity contribution in [2.45, 2.75) is 32.1 Å². The number of halogens is 1. The van der Waals surface area contributed by atoms with E-state index in [0.717, 1.165) is 12.0 Å². The highest BCUT2D eigenvalue weighted by molar-refractivity contribution is 6.30. The SMILES string of the molecule is O=C(O)C1CCC(C(=O)NCCc2cccc(Cl)c2)CC1. The fraction of sp³-hybridized carbons (Fsp3) is 0.500. The van der Waals surface area contributed by atoms with E-state index in [1.54, 1.807) is 0 Å².